The van der Waals surface area contributed by atoms with Gasteiger partial charge in [0.1, 0.15) is 30.5 Å². The smallest absolute Gasteiger partial charge is 0.212 e. The highest BCUT2D eigenvalue weighted by Gasteiger charge is 2.44. The maximum Gasteiger partial charge on any atom is 0.212 e. The molecule has 35 heavy (non-hydrogen) atoms. The number of halogens is 1. The Bertz CT molecular complexity index is 1200. The van der Waals surface area contributed by atoms with Crippen LogP contribution < -0.4 is 4.74 Å². The molecule has 0 spiro atoms. The van der Waals surface area contributed by atoms with Crippen LogP contribution in [0.4, 0.5) is 0 Å². The molecule has 1 aromatic heterocycles. The summed E-state index contributed by atoms with van der Waals surface area (Å²) in [4.78, 5) is 4.14. The second-order valence-corrected chi connectivity index (χ2v) is 8.72. The van der Waals surface area contributed by atoms with Gasteiger partial charge in [0.05, 0.1) is 13.7 Å². The van der Waals surface area contributed by atoms with Gasteiger partial charge in [-0.05, 0) is 47.4 Å². The molecule has 2 aromatic carbocycles. The van der Waals surface area contributed by atoms with Gasteiger partial charge >= 0.3 is 0 Å². The molecule has 8 heteroatoms. The summed E-state index contributed by atoms with van der Waals surface area (Å²) in [5, 5.41) is 40.6. The molecule has 1 aliphatic rings. The second kappa shape index (κ2) is 11.2. The van der Waals surface area contributed by atoms with Crippen LogP contribution in [0.2, 0.25) is 5.02 Å². The third kappa shape index (κ3) is 5.82. The van der Waals surface area contributed by atoms with Crippen molar-refractivity contribution in [2.24, 2.45) is 0 Å². The van der Waals surface area contributed by atoms with Gasteiger partial charge in [-0.15, -0.1) is 0 Å². The Morgan fingerprint density at radius 3 is 2.31 bits per heavy atom. The zero-order valence-electron chi connectivity index (χ0n) is 19.0. The number of ether oxygens (including phenoxy) is 2. The number of benzene rings is 2. The van der Waals surface area contributed by atoms with Crippen LogP contribution in [0.5, 0.6) is 5.88 Å². The zero-order chi connectivity index (χ0) is 24.9. The van der Waals surface area contributed by atoms with Gasteiger partial charge in [0.15, 0.2) is 0 Å². The summed E-state index contributed by atoms with van der Waals surface area (Å²) in [6, 6.07) is 16.6. The van der Waals surface area contributed by atoms with E-state index in [0.717, 1.165) is 22.3 Å². The Kier molecular flexibility index (Phi) is 8.04. The Hall–Kier alpha value is -2.96. The average molecular weight is 496 g/mol. The van der Waals surface area contributed by atoms with Gasteiger partial charge in [0.2, 0.25) is 5.88 Å². The molecule has 0 aliphatic carbocycles. The summed E-state index contributed by atoms with van der Waals surface area (Å²) in [5.41, 5.74) is 4.05. The summed E-state index contributed by atoms with van der Waals surface area (Å²) in [5.74, 6) is 6.72. The topological polar surface area (TPSA) is 112 Å². The fourth-order valence-corrected chi connectivity index (χ4v) is 4.11. The first-order chi connectivity index (χ1) is 16.9. The minimum atomic E-state index is -1.44. The molecular weight excluding hydrogens is 470 g/mol. The fourth-order valence-electron chi connectivity index (χ4n) is 3.93. The number of pyridine rings is 1. The number of methoxy groups -OCH3 is 1. The number of aliphatic hydroxyl groups excluding tert-OH is 4. The summed E-state index contributed by atoms with van der Waals surface area (Å²) in [6.45, 7) is -0.480. The average Bonchev–Trinajstić information content (AvgIpc) is 2.89. The van der Waals surface area contributed by atoms with Crippen LogP contribution in [0.15, 0.2) is 60.8 Å². The number of hydrogen-bond donors (Lipinski definition) is 4. The SMILES string of the molecule is COc1ccc(C#Cc2ccc(Cc3cc([C@@H]4O[C@H](CO)[C@@H](O)[C@H](O)[C@H]4O)ccc3Cl)cc2)cn1. The minimum Gasteiger partial charge on any atom is -0.481 e. The van der Waals surface area contributed by atoms with E-state index in [2.05, 4.69) is 16.8 Å². The number of aliphatic hydroxyl groups is 4. The molecule has 2 heterocycles. The van der Waals surface area contributed by atoms with Crippen LogP contribution in [-0.4, -0.2) is 63.5 Å². The van der Waals surface area contributed by atoms with Crippen molar-refractivity contribution in [1.29, 1.82) is 0 Å². The van der Waals surface area contributed by atoms with Crippen LogP contribution in [0.1, 0.15) is 33.9 Å². The van der Waals surface area contributed by atoms with Gasteiger partial charge in [-0.2, -0.15) is 0 Å². The number of aromatic nitrogens is 1. The fraction of sp³-hybridized carbons (Fsp3) is 0.296. The van der Waals surface area contributed by atoms with Crippen LogP contribution in [0.25, 0.3) is 0 Å². The van der Waals surface area contributed by atoms with E-state index < -0.39 is 37.1 Å². The highest BCUT2D eigenvalue weighted by Crippen LogP contribution is 2.34. The van der Waals surface area contributed by atoms with Crippen LogP contribution >= 0.6 is 11.6 Å². The third-order valence-corrected chi connectivity index (χ3v) is 6.30. The number of nitrogens with zero attached hydrogens (tertiary/aromatic N) is 1. The molecule has 0 unspecified atom stereocenters. The second-order valence-electron chi connectivity index (χ2n) is 8.31. The van der Waals surface area contributed by atoms with Gasteiger partial charge in [0.25, 0.3) is 0 Å². The summed E-state index contributed by atoms with van der Waals surface area (Å²) in [6.07, 6.45) is -3.88. The van der Waals surface area contributed by atoms with E-state index in [1.54, 1.807) is 37.6 Å². The normalized spacial score (nSPS) is 23.9. The lowest BCUT2D eigenvalue weighted by Crippen LogP contribution is -2.55. The largest absolute Gasteiger partial charge is 0.481 e. The van der Waals surface area contributed by atoms with Gasteiger partial charge in [-0.3, -0.25) is 0 Å². The molecule has 5 atom stereocenters. The van der Waals surface area contributed by atoms with E-state index in [-0.39, 0.29) is 0 Å². The van der Waals surface area contributed by atoms with E-state index in [1.807, 2.05) is 30.3 Å². The van der Waals surface area contributed by atoms with E-state index in [1.165, 1.54) is 0 Å². The molecule has 7 nitrogen and oxygen atoms in total. The monoisotopic (exact) mass is 495 g/mol. The van der Waals surface area contributed by atoms with Crippen molar-refractivity contribution in [3.05, 3.63) is 93.6 Å². The molecule has 0 amide bonds. The molecule has 3 aromatic rings. The standard InChI is InChI=1S/C27H26ClNO6/c1-34-23-11-8-18(14-29-23)7-4-16-2-5-17(6-3-16)12-20-13-19(9-10-21(20)28)27-26(33)25(32)24(31)22(15-30)35-27/h2-3,5-6,8-11,13-14,22,24-27,30-33H,12,15H2,1H3/t22-,24-,25+,26-,27+/m1/s1. The molecule has 4 N–H and O–H groups in total. The van der Waals surface area contributed by atoms with E-state index in [9.17, 15) is 20.4 Å². The van der Waals surface area contributed by atoms with E-state index >= 15 is 0 Å². The molecule has 4 rings (SSSR count). The molecule has 0 saturated carbocycles. The van der Waals surface area contributed by atoms with Crippen molar-refractivity contribution in [1.82, 2.24) is 4.98 Å². The minimum absolute atomic E-state index is 0.480. The molecule has 1 fully saturated rings. The number of hydrogen-bond acceptors (Lipinski definition) is 7. The maximum absolute atomic E-state index is 10.4. The maximum atomic E-state index is 10.4. The quantitative estimate of drug-likeness (QED) is 0.402. The summed E-state index contributed by atoms with van der Waals surface area (Å²) in [7, 11) is 1.56. The Labute approximate surface area is 208 Å². The van der Waals surface area contributed by atoms with Crippen LogP contribution in [0, 0.1) is 11.8 Å². The van der Waals surface area contributed by atoms with Crippen molar-refractivity contribution in [2.75, 3.05) is 13.7 Å². The molecule has 0 radical (unpaired) electrons. The predicted octanol–water partition coefficient (Wildman–Crippen LogP) is 2.25. The first kappa shape index (κ1) is 25.1. The first-order valence-electron chi connectivity index (χ1n) is 11.1. The van der Waals surface area contributed by atoms with Gasteiger partial charge < -0.3 is 29.9 Å². The third-order valence-electron chi connectivity index (χ3n) is 5.94. The van der Waals surface area contributed by atoms with Crippen LogP contribution in [0.3, 0.4) is 0 Å². The molecule has 0 bridgehead atoms. The number of rotatable bonds is 5. The van der Waals surface area contributed by atoms with Gasteiger partial charge in [0, 0.05) is 28.4 Å². The highest BCUT2D eigenvalue weighted by molar-refractivity contribution is 6.31. The highest BCUT2D eigenvalue weighted by atomic mass is 35.5. The van der Waals surface area contributed by atoms with E-state index in [0.29, 0.717) is 22.9 Å². The summed E-state index contributed by atoms with van der Waals surface area (Å²) < 4.78 is 10.7. The Balaban J connectivity index is 1.49. The molecule has 1 saturated heterocycles. The van der Waals surface area contributed by atoms with Crippen molar-refractivity contribution < 1.29 is 29.9 Å². The zero-order valence-corrected chi connectivity index (χ0v) is 19.8. The lowest BCUT2D eigenvalue weighted by molar-refractivity contribution is -0.231. The van der Waals surface area contributed by atoms with Crippen molar-refractivity contribution >= 4 is 11.6 Å². The Morgan fingerprint density at radius 1 is 0.943 bits per heavy atom. The molecule has 182 valence electrons. The molecular formula is C27H26ClNO6. The van der Waals surface area contributed by atoms with Gasteiger partial charge in [-0.25, -0.2) is 4.98 Å². The van der Waals surface area contributed by atoms with Crippen molar-refractivity contribution in [3.63, 3.8) is 0 Å². The predicted molar refractivity (Wildman–Crippen MR) is 130 cm³/mol. The lowest BCUT2D eigenvalue weighted by Gasteiger charge is -2.40. The van der Waals surface area contributed by atoms with Crippen molar-refractivity contribution in [2.45, 2.75) is 36.9 Å². The van der Waals surface area contributed by atoms with E-state index in [4.69, 9.17) is 21.1 Å². The lowest BCUT2D eigenvalue weighted by atomic mass is 9.90. The first-order valence-corrected chi connectivity index (χ1v) is 11.5. The Morgan fingerprint density at radius 2 is 1.66 bits per heavy atom. The van der Waals surface area contributed by atoms with Crippen LogP contribution in [-0.2, 0) is 11.2 Å². The summed E-state index contributed by atoms with van der Waals surface area (Å²) >= 11 is 6.43. The molecule has 1 aliphatic heterocycles. The van der Waals surface area contributed by atoms with Gasteiger partial charge in [-0.1, -0.05) is 47.7 Å². The van der Waals surface area contributed by atoms with Crippen molar-refractivity contribution in [3.8, 4) is 17.7 Å².